The number of nitrogens with zero attached hydrogens (tertiary/aromatic N) is 1. The van der Waals surface area contributed by atoms with Crippen LogP contribution in [0.15, 0.2) is 18.2 Å². The summed E-state index contributed by atoms with van der Waals surface area (Å²) in [7, 11) is 0. The minimum Gasteiger partial charge on any atom is -0.392 e. The fraction of sp³-hybridized carbons (Fsp3) is 0.417. The molecule has 16 heavy (non-hydrogen) atoms. The summed E-state index contributed by atoms with van der Waals surface area (Å²) in [5, 5.41) is 9.21. The number of rotatable bonds is 3. The molecule has 1 aromatic carbocycles. The van der Waals surface area contributed by atoms with E-state index in [9.17, 15) is 9.90 Å². The zero-order valence-corrected chi connectivity index (χ0v) is 9.70. The zero-order chi connectivity index (χ0) is 11.5. The van der Waals surface area contributed by atoms with Gasteiger partial charge < -0.3 is 10.0 Å². The van der Waals surface area contributed by atoms with Gasteiger partial charge in [-0.2, -0.15) is 0 Å². The lowest BCUT2D eigenvalue weighted by atomic mass is 10.1. The number of carbonyl (C=O) groups is 1. The van der Waals surface area contributed by atoms with Gasteiger partial charge in [-0.05, 0) is 23.6 Å². The first-order valence-electron chi connectivity index (χ1n) is 5.36. The second-order valence-corrected chi connectivity index (χ2v) is 4.19. The number of aliphatic hydroxyl groups is 1. The van der Waals surface area contributed by atoms with Crippen molar-refractivity contribution in [2.75, 3.05) is 17.3 Å². The SMILES string of the molecule is O=C(CCCl)N1CCc2c(CO)cccc21. The molecule has 1 aromatic rings. The molecule has 0 unspecified atom stereocenters. The minimum absolute atomic E-state index is 0.0285. The second-order valence-electron chi connectivity index (χ2n) is 3.81. The Kier molecular flexibility index (Phi) is 3.46. The highest BCUT2D eigenvalue weighted by Gasteiger charge is 2.25. The van der Waals surface area contributed by atoms with Crippen molar-refractivity contribution in [3.8, 4) is 0 Å². The molecule has 0 atom stereocenters. The highest BCUT2D eigenvalue weighted by molar-refractivity contribution is 6.19. The van der Waals surface area contributed by atoms with Crippen molar-refractivity contribution in [1.82, 2.24) is 0 Å². The highest BCUT2D eigenvalue weighted by Crippen LogP contribution is 2.31. The van der Waals surface area contributed by atoms with Crippen LogP contribution in [0.4, 0.5) is 5.69 Å². The number of alkyl halides is 1. The Labute approximate surface area is 99.6 Å². The van der Waals surface area contributed by atoms with E-state index in [0.29, 0.717) is 18.8 Å². The molecule has 0 spiro atoms. The fourth-order valence-electron chi connectivity index (χ4n) is 2.13. The Morgan fingerprint density at radius 2 is 2.31 bits per heavy atom. The van der Waals surface area contributed by atoms with E-state index < -0.39 is 0 Å². The lowest BCUT2D eigenvalue weighted by Crippen LogP contribution is -2.28. The van der Waals surface area contributed by atoms with Gasteiger partial charge in [0.1, 0.15) is 0 Å². The Hall–Kier alpha value is -1.06. The van der Waals surface area contributed by atoms with E-state index >= 15 is 0 Å². The lowest BCUT2D eigenvalue weighted by molar-refractivity contribution is -0.118. The van der Waals surface area contributed by atoms with Crippen molar-refractivity contribution in [3.63, 3.8) is 0 Å². The molecule has 0 saturated carbocycles. The predicted molar refractivity (Wildman–Crippen MR) is 63.8 cm³/mol. The molecular weight excluding hydrogens is 226 g/mol. The van der Waals surface area contributed by atoms with E-state index in [0.717, 1.165) is 23.2 Å². The van der Waals surface area contributed by atoms with Crippen LogP contribution in [-0.2, 0) is 17.8 Å². The van der Waals surface area contributed by atoms with Crippen molar-refractivity contribution < 1.29 is 9.90 Å². The summed E-state index contributed by atoms with van der Waals surface area (Å²) in [6.45, 7) is 0.725. The van der Waals surface area contributed by atoms with E-state index in [1.165, 1.54) is 0 Å². The summed E-state index contributed by atoms with van der Waals surface area (Å²) >= 11 is 5.57. The molecule has 1 aliphatic rings. The third-order valence-electron chi connectivity index (χ3n) is 2.90. The average Bonchev–Trinajstić information content (AvgIpc) is 2.72. The first kappa shape index (κ1) is 11.4. The van der Waals surface area contributed by atoms with E-state index in [1.807, 2.05) is 18.2 Å². The molecule has 1 heterocycles. The van der Waals surface area contributed by atoms with Crippen LogP contribution < -0.4 is 4.90 Å². The minimum atomic E-state index is 0.0285. The van der Waals surface area contributed by atoms with Gasteiger partial charge in [-0.15, -0.1) is 11.6 Å². The Bertz CT molecular complexity index is 406. The molecule has 1 amide bonds. The van der Waals surface area contributed by atoms with Crippen molar-refractivity contribution in [3.05, 3.63) is 29.3 Å². The second kappa shape index (κ2) is 4.85. The summed E-state index contributed by atoms with van der Waals surface area (Å²) in [6.07, 6.45) is 1.18. The third kappa shape index (κ3) is 1.93. The van der Waals surface area contributed by atoms with Gasteiger partial charge >= 0.3 is 0 Å². The van der Waals surface area contributed by atoms with Gasteiger partial charge in [-0.3, -0.25) is 4.79 Å². The van der Waals surface area contributed by atoms with Crippen LogP contribution in [0.5, 0.6) is 0 Å². The van der Waals surface area contributed by atoms with E-state index in [2.05, 4.69) is 0 Å². The smallest absolute Gasteiger partial charge is 0.228 e. The van der Waals surface area contributed by atoms with Gasteiger partial charge in [0.05, 0.1) is 6.61 Å². The number of halogens is 1. The Morgan fingerprint density at radius 3 is 3.00 bits per heavy atom. The molecular formula is C12H14ClNO2. The molecule has 0 aromatic heterocycles. The number of carbonyl (C=O) groups excluding carboxylic acids is 1. The van der Waals surface area contributed by atoms with Gasteiger partial charge in [-0.1, -0.05) is 12.1 Å². The number of amides is 1. The van der Waals surface area contributed by atoms with Gasteiger partial charge in [0.2, 0.25) is 5.91 Å². The molecule has 1 aliphatic heterocycles. The Morgan fingerprint density at radius 1 is 1.50 bits per heavy atom. The van der Waals surface area contributed by atoms with Crippen LogP contribution in [-0.4, -0.2) is 23.4 Å². The number of benzene rings is 1. The van der Waals surface area contributed by atoms with Gasteiger partial charge in [0.15, 0.2) is 0 Å². The average molecular weight is 240 g/mol. The number of hydrogen-bond donors (Lipinski definition) is 1. The maximum atomic E-state index is 11.8. The summed E-state index contributed by atoms with van der Waals surface area (Å²) < 4.78 is 0. The number of aliphatic hydroxyl groups excluding tert-OH is 1. The van der Waals surface area contributed by atoms with Crippen LogP contribution in [0, 0.1) is 0 Å². The predicted octanol–water partition coefficient (Wildman–Crippen LogP) is 1.70. The van der Waals surface area contributed by atoms with Crippen LogP contribution in [0.1, 0.15) is 17.5 Å². The number of anilines is 1. The van der Waals surface area contributed by atoms with Gasteiger partial charge in [-0.25, -0.2) is 0 Å². The van der Waals surface area contributed by atoms with Gasteiger partial charge in [0, 0.05) is 24.5 Å². The maximum Gasteiger partial charge on any atom is 0.228 e. The van der Waals surface area contributed by atoms with Crippen LogP contribution in [0.25, 0.3) is 0 Å². The van der Waals surface area contributed by atoms with Crippen molar-refractivity contribution in [2.45, 2.75) is 19.4 Å². The molecule has 0 radical (unpaired) electrons. The first-order valence-corrected chi connectivity index (χ1v) is 5.89. The van der Waals surface area contributed by atoms with E-state index in [1.54, 1.807) is 4.90 Å². The molecule has 0 bridgehead atoms. The topological polar surface area (TPSA) is 40.5 Å². The molecule has 0 saturated heterocycles. The number of hydrogen-bond acceptors (Lipinski definition) is 2. The summed E-state index contributed by atoms with van der Waals surface area (Å²) in [5.41, 5.74) is 2.94. The van der Waals surface area contributed by atoms with Crippen molar-refractivity contribution in [1.29, 1.82) is 0 Å². The van der Waals surface area contributed by atoms with E-state index in [4.69, 9.17) is 11.6 Å². The largest absolute Gasteiger partial charge is 0.392 e. The lowest BCUT2D eigenvalue weighted by Gasteiger charge is -2.17. The van der Waals surface area contributed by atoms with Gasteiger partial charge in [0.25, 0.3) is 0 Å². The standard InChI is InChI=1S/C12H14ClNO2/c13-6-4-12(16)14-7-5-10-9(8-15)2-1-3-11(10)14/h1-3,15H,4-8H2. The Balaban J connectivity index is 2.29. The normalized spacial score (nSPS) is 14.0. The van der Waals surface area contributed by atoms with Crippen LogP contribution in [0.3, 0.4) is 0 Å². The van der Waals surface area contributed by atoms with E-state index in [-0.39, 0.29) is 12.5 Å². The van der Waals surface area contributed by atoms with Crippen molar-refractivity contribution in [2.24, 2.45) is 0 Å². The first-order chi connectivity index (χ1) is 7.77. The summed E-state index contributed by atoms with van der Waals surface area (Å²) in [4.78, 5) is 13.5. The maximum absolute atomic E-state index is 11.8. The summed E-state index contributed by atoms with van der Waals surface area (Å²) in [5.74, 6) is 0.411. The highest BCUT2D eigenvalue weighted by atomic mass is 35.5. The van der Waals surface area contributed by atoms with Crippen molar-refractivity contribution >= 4 is 23.2 Å². The summed E-state index contributed by atoms with van der Waals surface area (Å²) in [6, 6.07) is 5.69. The molecule has 0 aliphatic carbocycles. The van der Waals surface area contributed by atoms with Crippen LogP contribution in [0.2, 0.25) is 0 Å². The molecule has 2 rings (SSSR count). The third-order valence-corrected chi connectivity index (χ3v) is 3.09. The molecule has 3 nitrogen and oxygen atoms in total. The quantitative estimate of drug-likeness (QED) is 0.816. The molecule has 1 N–H and O–H groups in total. The molecule has 4 heteroatoms. The molecule has 0 fully saturated rings. The zero-order valence-electron chi connectivity index (χ0n) is 8.95. The fourth-order valence-corrected chi connectivity index (χ4v) is 2.29. The number of fused-ring (bicyclic) bond motifs is 1. The molecule has 86 valence electrons. The monoisotopic (exact) mass is 239 g/mol. The van der Waals surface area contributed by atoms with Crippen LogP contribution >= 0.6 is 11.6 Å².